The quantitative estimate of drug-likeness (QED) is 0.102. The molecule has 0 aromatic carbocycles. The van der Waals surface area contributed by atoms with Crippen molar-refractivity contribution in [3.05, 3.63) is 11.6 Å². The van der Waals surface area contributed by atoms with Crippen LogP contribution in [0.5, 0.6) is 0 Å². The van der Waals surface area contributed by atoms with Crippen molar-refractivity contribution < 1.29 is 9.59 Å². The van der Waals surface area contributed by atoms with Gasteiger partial charge in [-0.25, -0.2) is 0 Å². The summed E-state index contributed by atoms with van der Waals surface area (Å²) < 4.78 is 0. The van der Waals surface area contributed by atoms with E-state index in [4.69, 9.17) is 11.5 Å². The van der Waals surface area contributed by atoms with Gasteiger partial charge in [0.05, 0.1) is 0 Å². The van der Waals surface area contributed by atoms with Crippen LogP contribution in [0.3, 0.4) is 0 Å². The van der Waals surface area contributed by atoms with Gasteiger partial charge < -0.3 is 11.5 Å². The molecule has 0 aromatic rings. The van der Waals surface area contributed by atoms with Gasteiger partial charge >= 0.3 is 0 Å². The standard InChI is InChI=1S/C30H58N2O2/c1-4-7-9-10-11-12-13-14-15-16-17-18-19-20-21-22-24-27(26(6-3)23-8-5-2)28(30(32)34)25-29(31)33/h25-27H,4-24H2,1-3H3,(H2,31,33)(H2,32,34)/b28-25-. The van der Waals surface area contributed by atoms with E-state index in [9.17, 15) is 9.59 Å². The van der Waals surface area contributed by atoms with Gasteiger partial charge in [0.2, 0.25) is 11.8 Å². The predicted molar refractivity (Wildman–Crippen MR) is 147 cm³/mol. The zero-order chi connectivity index (χ0) is 25.4. The summed E-state index contributed by atoms with van der Waals surface area (Å²) in [6.07, 6.45) is 28.1. The van der Waals surface area contributed by atoms with E-state index in [1.165, 1.54) is 102 Å². The Kier molecular flexibility index (Phi) is 22.5. The minimum Gasteiger partial charge on any atom is -0.366 e. The van der Waals surface area contributed by atoms with E-state index in [-0.39, 0.29) is 5.92 Å². The first-order valence-corrected chi connectivity index (χ1v) is 14.8. The number of carbonyl (C=O) groups excluding carboxylic acids is 2. The number of nitrogens with two attached hydrogens (primary N) is 2. The molecular weight excluding hydrogens is 420 g/mol. The summed E-state index contributed by atoms with van der Waals surface area (Å²) in [6, 6.07) is 0. The Hall–Kier alpha value is -1.32. The zero-order valence-electron chi connectivity index (χ0n) is 23.1. The molecule has 0 spiro atoms. The molecule has 2 unspecified atom stereocenters. The summed E-state index contributed by atoms with van der Waals surface area (Å²) in [5.74, 6) is -0.631. The summed E-state index contributed by atoms with van der Waals surface area (Å²) in [5, 5.41) is 0. The fourth-order valence-corrected chi connectivity index (χ4v) is 5.23. The molecule has 4 nitrogen and oxygen atoms in total. The number of carbonyl (C=O) groups is 2. The van der Waals surface area contributed by atoms with Gasteiger partial charge in [0.25, 0.3) is 0 Å². The Morgan fingerprint density at radius 2 is 1.00 bits per heavy atom. The molecule has 0 aliphatic carbocycles. The molecule has 0 aromatic heterocycles. The Labute approximate surface area is 212 Å². The van der Waals surface area contributed by atoms with Crippen LogP contribution in [0.15, 0.2) is 11.6 Å². The predicted octanol–water partition coefficient (Wildman–Crippen LogP) is 8.37. The summed E-state index contributed by atoms with van der Waals surface area (Å²) in [4.78, 5) is 23.6. The lowest BCUT2D eigenvalue weighted by atomic mass is 9.77. The third-order valence-corrected chi connectivity index (χ3v) is 7.37. The lowest BCUT2D eigenvalue weighted by molar-refractivity contribution is -0.117. The molecule has 0 fully saturated rings. The molecule has 0 heterocycles. The van der Waals surface area contributed by atoms with Crippen molar-refractivity contribution >= 4 is 11.8 Å². The Balaban J connectivity index is 4.10. The smallest absolute Gasteiger partial charge is 0.245 e. The minimum absolute atomic E-state index is 0.0493. The first kappa shape index (κ1) is 32.7. The van der Waals surface area contributed by atoms with Crippen molar-refractivity contribution in [1.29, 1.82) is 0 Å². The van der Waals surface area contributed by atoms with Crippen LogP contribution in [0.1, 0.15) is 156 Å². The molecule has 0 rings (SSSR count). The maximum atomic E-state index is 12.1. The number of rotatable bonds is 25. The second-order valence-electron chi connectivity index (χ2n) is 10.4. The molecule has 4 N–H and O–H groups in total. The van der Waals surface area contributed by atoms with E-state index in [0.29, 0.717) is 11.5 Å². The van der Waals surface area contributed by atoms with Crippen LogP contribution in [-0.4, -0.2) is 11.8 Å². The van der Waals surface area contributed by atoms with Gasteiger partial charge in [0.15, 0.2) is 0 Å². The van der Waals surface area contributed by atoms with Crippen LogP contribution in [0, 0.1) is 11.8 Å². The van der Waals surface area contributed by atoms with Gasteiger partial charge in [-0.05, 0) is 24.7 Å². The van der Waals surface area contributed by atoms with E-state index in [2.05, 4.69) is 20.8 Å². The number of amides is 2. The summed E-state index contributed by atoms with van der Waals surface area (Å²) >= 11 is 0. The van der Waals surface area contributed by atoms with Gasteiger partial charge in [0.1, 0.15) is 0 Å². The fourth-order valence-electron chi connectivity index (χ4n) is 5.23. The highest BCUT2D eigenvalue weighted by Gasteiger charge is 2.26. The highest BCUT2D eigenvalue weighted by atomic mass is 16.1. The molecule has 0 radical (unpaired) electrons. The highest BCUT2D eigenvalue weighted by Crippen LogP contribution is 2.33. The van der Waals surface area contributed by atoms with Gasteiger partial charge in [-0.1, -0.05) is 143 Å². The lowest BCUT2D eigenvalue weighted by Gasteiger charge is -2.27. The van der Waals surface area contributed by atoms with Gasteiger partial charge in [-0.3, -0.25) is 9.59 Å². The molecule has 0 aliphatic heterocycles. The molecule has 4 heteroatoms. The zero-order valence-corrected chi connectivity index (χ0v) is 23.1. The second-order valence-corrected chi connectivity index (χ2v) is 10.4. The van der Waals surface area contributed by atoms with Gasteiger partial charge in [-0.2, -0.15) is 0 Å². The highest BCUT2D eigenvalue weighted by molar-refractivity contribution is 6.00. The summed E-state index contributed by atoms with van der Waals surface area (Å²) in [6.45, 7) is 6.63. The molecule has 200 valence electrons. The first-order valence-electron chi connectivity index (χ1n) is 14.8. The lowest BCUT2D eigenvalue weighted by Crippen LogP contribution is -2.28. The van der Waals surface area contributed by atoms with Crippen molar-refractivity contribution in [1.82, 2.24) is 0 Å². The van der Waals surface area contributed by atoms with Crippen LogP contribution >= 0.6 is 0 Å². The van der Waals surface area contributed by atoms with Crippen molar-refractivity contribution in [3.63, 3.8) is 0 Å². The van der Waals surface area contributed by atoms with Crippen molar-refractivity contribution in [2.45, 2.75) is 156 Å². The number of hydrogen-bond acceptors (Lipinski definition) is 2. The Bertz CT molecular complexity index is 530. The van der Waals surface area contributed by atoms with Crippen LogP contribution < -0.4 is 11.5 Å². The van der Waals surface area contributed by atoms with Gasteiger partial charge in [0, 0.05) is 11.6 Å². The van der Waals surface area contributed by atoms with E-state index < -0.39 is 11.8 Å². The molecule has 34 heavy (non-hydrogen) atoms. The largest absolute Gasteiger partial charge is 0.366 e. The van der Waals surface area contributed by atoms with E-state index >= 15 is 0 Å². The average Bonchev–Trinajstić information content (AvgIpc) is 2.81. The summed E-state index contributed by atoms with van der Waals surface area (Å²) in [5.41, 5.74) is 11.5. The van der Waals surface area contributed by atoms with Crippen LogP contribution in [0.4, 0.5) is 0 Å². The Morgan fingerprint density at radius 1 is 0.588 bits per heavy atom. The van der Waals surface area contributed by atoms with Crippen LogP contribution in [0.2, 0.25) is 0 Å². The maximum Gasteiger partial charge on any atom is 0.245 e. The first-order chi connectivity index (χ1) is 16.5. The molecule has 0 bridgehead atoms. The van der Waals surface area contributed by atoms with Crippen molar-refractivity contribution in [2.24, 2.45) is 23.3 Å². The van der Waals surface area contributed by atoms with Crippen molar-refractivity contribution in [3.8, 4) is 0 Å². The second kappa shape index (κ2) is 23.4. The normalized spacial score (nSPS) is 13.7. The van der Waals surface area contributed by atoms with Crippen LogP contribution in [-0.2, 0) is 9.59 Å². The number of unbranched alkanes of at least 4 members (excludes halogenated alkanes) is 16. The maximum absolute atomic E-state index is 12.1. The third kappa shape index (κ3) is 18.1. The van der Waals surface area contributed by atoms with E-state index in [1.807, 2.05) is 0 Å². The molecule has 0 saturated carbocycles. The van der Waals surface area contributed by atoms with Crippen molar-refractivity contribution in [2.75, 3.05) is 0 Å². The molecule has 2 amide bonds. The minimum atomic E-state index is -0.573. The third-order valence-electron chi connectivity index (χ3n) is 7.37. The van der Waals surface area contributed by atoms with E-state index in [0.717, 1.165) is 38.5 Å². The number of primary amides is 2. The average molecular weight is 479 g/mol. The topological polar surface area (TPSA) is 86.2 Å². The number of hydrogen-bond donors (Lipinski definition) is 2. The summed E-state index contributed by atoms with van der Waals surface area (Å²) in [7, 11) is 0. The van der Waals surface area contributed by atoms with Crippen LogP contribution in [0.25, 0.3) is 0 Å². The fraction of sp³-hybridized carbons (Fsp3) is 0.867. The van der Waals surface area contributed by atoms with Gasteiger partial charge in [-0.15, -0.1) is 0 Å². The molecular formula is C30H58N2O2. The SMILES string of the molecule is CCCCCCCCCCCCCCCCCCC(/C(=C/C(N)=O)C(N)=O)C(CC)CCCC. The molecule has 0 saturated heterocycles. The Morgan fingerprint density at radius 3 is 1.35 bits per heavy atom. The molecule has 0 aliphatic rings. The van der Waals surface area contributed by atoms with E-state index in [1.54, 1.807) is 0 Å². The molecule has 2 atom stereocenters. The monoisotopic (exact) mass is 478 g/mol.